The van der Waals surface area contributed by atoms with Crippen molar-refractivity contribution >= 4 is 19.5 Å². The van der Waals surface area contributed by atoms with E-state index in [1.54, 1.807) is 0 Å². The van der Waals surface area contributed by atoms with Crippen LogP contribution in [0.5, 0.6) is 0 Å². The summed E-state index contributed by atoms with van der Waals surface area (Å²) in [5.74, 6) is -0.193. The topological polar surface area (TPSA) is 38.3 Å². The van der Waals surface area contributed by atoms with Crippen LogP contribution in [-0.4, -0.2) is 26.2 Å². The number of carbonyl (C=O) groups excluding carboxylic acids is 1. The zero-order chi connectivity index (χ0) is 13.6. The summed E-state index contributed by atoms with van der Waals surface area (Å²) in [5, 5.41) is 3.00. The quantitative estimate of drug-likeness (QED) is 0.645. The molecule has 0 saturated heterocycles. The number of ether oxygens (including phenoxy) is 1. The van der Waals surface area contributed by atoms with E-state index in [0.29, 0.717) is 6.54 Å². The van der Waals surface area contributed by atoms with E-state index in [0.717, 1.165) is 13.0 Å². The second-order valence-corrected chi connectivity index (χ2v) is 4.11. The first kappa shape index (κ1) is 20.3. The van der Waals surface area contributed by atoms with E-state index in [-0.39, 0.29) is 19.5 Å². The number of unbranched alkanes of at least 4 members (excludes halogenated alkanes) is 2. The summed E-state index contributed by atoms with van der Waals surface area (Å²) in [6.45, 7) is 5.48. The fraction of sp³-hybridized carbons (Fsp3) is 0.533. The maximum Gasteiger partial charge on any atom is 0.319 e. The predicted molar refractivity (Wildman–Crippen MR) is 86.0 cm³/mol. The van der Waals surface area contributed by atoms with E-state index >= 15 is 0 Å². The van der Waals surface area contributed by atoms with Gasteiger partial charge in [-0.1, -0.05) is 55.7 Å². The lowest BCUT2D eigenvalue weighted by Crippen LogP contribution is -2.24. The third-order valence-electron chi connectivity index (χ3n) is 2.39. The molecule has 4 heteroatoms. The first-order valence-electron chi connectivity index (χ1n) is 6.49. The van der Waals surface area contributed by atoms with Gasteiger partial charge in [0.25, 0.3) is 0 Å². The van der Waals surface area contributed by atoms with Crippen LogP contribution in [0, 0.1) is 6.92 Å². The molecule has 0 saturated carbocycles. The molecule has 19 heavy (non-hydrogen) atoms. The van der Waals surface area contributed by atoms with E-state index in [2.05, 4.69) is 36.0 Å². The van der Waals surface area contributed by atoms with Gasteiger partial charge in [-0.25, -0.2) is 0 Å². The van der Waals surface area contributed by atoms with Crippen LogP contribution >= 0.6 is 13.5 Å². The monoisotopic (exact) mass is 285 g/mol. The Hall–Kier alpha value is -1.00. The van der Waals surface area contributed by atoms with Crippen LogP contribution in [-0.2, 0) is 9.53 Å². The lowest BCUT2D eigenvalue weighted by Gasteiger charge is -2.01. The van der Waals surface area contributed by atoms with Crippen molar-refractivity contribution in [3.05, 3.63) is 35.9 Å². The van der Waals surface area contributed by atoms with E-state index in [4.69, 9.17) is 0 Å². The lowest BCUT2D eigenvalue weighted by atomic mass is 10.2. The molecule has 0 aromatic heterocycles. The smallest absolute Gasteiger partial charge is 0.319 e. The number of nitrogens with one attached hydrogen (secondary N) is 1. The molecule has 1 N–H and O–H groups in total. The summed E-state index contributed by atoms with van der Waals surface area (Å²) in [4.78, 5) is 10.6. The summed E-state index contributed by atoms with van der Waals surface area (Å²) in [7, 11) is 1.40. The Kier molecular flexibility index (Phi) is 16.1. The molecular weight excluding hydrogens is 258 g/mol. The number of carbonyl (C=O) groups is 1. The molecule has 0 aliphatic rings. The maximum atomic E-state index is 10.6. The molecule has 0 fully saturated rings. The minimum Gasteiger partial charge on any atom is -0.468 e. The summed E-state index contributed by atoms with van der Waals surface area (Å²) in [5.41, 5.74) is 1.32. The van der Waals surface area contributed by atoms with Crippen LogP contribution < -0.4 is 5.32 Å². The SMILES string of the molecule is CCCCCNCC(=O)OC.Cc1ccccc1.S. The molecule has 0 heterocycles. The highest BCUT2D eigenvalue weighted by Gasteiger charge is 1.96. The van der Waals surface area contributed by atoms with Gasteiger partial charge in [-0.2, -0.15) is 13.5 Å². The normalized spacial score (nSPS) is 8.79. The number of rotatable bonds is 6. The van der Waals surface area contributed by atoms with Crippen LogP contribution in [0.15, 0.2) is 30.3 Å². The molecule has 0 aliphatic carbocycles. The minimum absolute atomic E-state index is 0. The number of aryl methyl sites for hydroxylation is 1. The fourth-order valence-electron chi connectivity index (χ4n) is 1.30. The summed E-state index contributed by atoms with van der Waals surface area (Å²) < 4.78 is 4.46. The van der Waals surface area contributed by atoms with Crippen molar-refractivity contribution in [1.29, 1.82) is 0 Å². The highest BCUT2D eigenvalue weighted by molar-refractivity contribution is 7.59. The number of hydrogen-bond acceptors (Lipinski definition) is 3. The fourth-order valence-corrected chi connectivity index (χ4v) is 1.30. The standard InChI is InChI=1S/C8H17NO2.C7H8.H2S/c1-3-4-5-6-9-7-8(10)11-2;1-7-5-3-2-4-6-7;/h9H,3-7H2,1-2H3;2-6H,1H3;1H2. The Morgan fingerprint density at radius 2 is 1.84 bits per heavy atom. The molecule has 3 nitrogen and oxygen atoms in total. The number of benzene rings is 1. The van der Waals surface area contributed by atoms with Crippen molar-refractivity contribution in [3.63, 3.8) is 0 Å². The lowest BCUT2D eigenvalue weighted by molar-refractivity contribution is -0.139. The van der Waals surface area contributed by atoms with Crippen LogP contribution in [0.4, 0.5) is 0 Å². The van der Waals surface area contributed by atoms with Crippen LogP contribution in [0.25, 0.3) is 0 Å². The second-order valence-electron chi connectivity index (χ2n) is 4.11. The van der Waals surface area contributed by atoms with Crippen molar-refractivity contribution in [1.82, 2.24) is 5.32 Å². The zero-order valence-electron chi connectivity index (χ0n) is 12.2. The van der Waals surface area contributed by atoms with Gasteiger partial charge in [-0.05, 0) is 19.9 Å². The Labute approximate surface area is 124 Å². The van der Waals surface area contributed by atoms with Gasteiger partial charge in [0.15, 0.2) is 0 Å². The Bertz CT molecular complexity index is 304. The number of methoxy groups -OCH3 is 1. The molecule has 1 aromatic carbocycles. The van der Waals surface area contributed by atoms with E-state index in [9.17, 15) is 4.79 Å². The van der Waals surface area contributed by atoms with Crippen molar-refractivity contribution in [3.8, 4) is 0 Å². The number of esters is 1. The van der Waals surface area contributed by atoms with E-state index in [1.807, 2.05) is 18.2 Å². The van der Waals surface area contributed by atoms with Crippen LogP contribution in [0.2, 0.25) is 0 Å². The van der Waals surface area contributed by atoms with E-state index in [1.165, 1.54) is 25.5 Å². The van der Waals surface area contributed by atoms with Gasteiger partial charge in [0.05, 0.1) is 13.7 Å². The Morgan fingerprint density at radius 3 is 2.26 bits per heavy atom. The largest absolute Gasteiger partial charge is 0.468 e. The first-order chi connectivity index (χ1) is 8.70. The molecular formula is C15H27NO2S. The van der Waals surface area contributed by atoms with Crippen LogP contribution in [0.1, 0.15) is 31.7 Å². The van der Waals surface area contributed by atoms with Gasteiger partial charge in [0.2, 0.25) is 0 Å². The number of hydrogen-bond donors (Lipinski definition) is 1. The molecule has 1 rings (SSSR count). The molecule has 0 radical (unpaired) electrons. The van der Waals surface area contributed by atoms with Crippen LogP contribution in [0.3, 0.4) is 0 Å². The van der Waals surface area contributed by atoms with Gasteiger partial charge in [-0.15, -0.1) is 0 Å². The summed E-state index contributed by atoms with van der Waals surface area (Å²) >= 11 is 0. The average Bonchev–Trinajstić information content (AvgIpc) is 2.40. The van der Waals surface area contributed by atoms with Crippen molar-refractivity contribution in [2.45, 2.75) is 33.1 Å². The summed E-state index contributed by atoms with van der Waals surface area (Å²) in [6, 6.07) is 10.3. The molecule has 0 aliphatic heterocycles. The average molecular weight is 285 g/mol. The highest BCUT2D eigenvalue weighted by Crippen LogP contribution is 1.92. The van der Waals surface area contributed by atoms with Gasteiger partial charge in [-0.3, -0.25) is 4.79 Å². The van der Waals surface area contributed by atoms with E-state index < -0.39 is 0 Å². The second kappa shape index (κ2) is 15.1. The maximum absolute atomic E-state index is 10.6. The van der Waals surface area contributed by atoms with Gasteiger partial charge >= 0.3 is 5.97 Å². The van der Waals surface area contributed by atoms with Crippen molar-refractivity contribution in [2.24, 2.45) is 0 Å². The Morgan fingerprint density at radius 1 is 1.21 bits per heavy atom. The molecule has 0 unspecified atom stereocenters. The van der Waals surface area contributed by atoms with Crippen molar-refractivity contribution in [2.75, 3.05) is 20.2 Å². The minimum atomic E-state index is -0.193. The highest BCUT2D eigenvalue weighted by atomic mass is 32.1. The zero-order valence-corrected chi connectivity index (χ0v) is 13.2. The van der Waals surface area contributed by atoms with Crippen molar-refractivity contribution < 1.29 is 9.53 Å². The molecule has 0 bridgehead atoms. The molecule has 0 amide bonds. The van der Waals surface area contributed by atoms with Gasteiger partial charge in [0, 0.05) is 0 Å². The first-order valence-corrected chi connectivity index (χ1v) is 6.49. The third-order valence-corrected chi connectivity index (χ3v) is 2.39. The van der Waals surface area contributed by atoms with Gasteiger partial charge < -0.3 is 10.1 Å². The molecule has 0 atom stereocenters. The molecule has 0 spiro atoms. The predicted octanol–water partition coefficient (Wildman–Crippen LogP) is 3.05. The third kappa shape index (κ3) is 14.9. The Balaban J connectivity index is 0. The summed E-state index contributed by atoms with van der Waals surface area (Å²) in [6.07, 6.45) is 3.56. The van der Waals surface area contributed by atoms with Gasteiger partial charge in [0.1, 0.15) is 0 Å². The molecule has 110 valence electrons. The molecule has 1 aromatic rings.